The first-order valence-electron chi connectivity index (χ1n) is 9.07. The van der Waals surface area contributed by atoms with Crippen molar-refractivity contribution in [3.05, 3.63) is 64.7 Å². The quantitative estimate of drug-likeness (QED) is 0.861. The lowest BCUT2D eigenvalue weighted by Gasteiger charge is -2.37. The van der Waals surface area contributed by atoms with Crippen molar-refractivity contribution in [1.82, 2.24) is 9.80 Å². The number of nitrogens with one attached hydrogen (secondary N) is 1. The molecule has 0 bridgehead atoms. The van der Waals surface area contributed by atoms with E-state index in [9.17, 15) is 4.79 Å². The van der Waals surface area contributed by atoms with Crippen LogP contribution in [0.3, 0.4) is 0 Å². The number of carbonyl (C=O) groups is 1. The highest BCUT2D eigenvalue weighted by Gasteiger charge is 2.25. The third-order valence-corrected chi connectivity index (χ3v) is 5.15. The average Bonchev–Trinajstić information content (AvgIpc) is 2.68. The third kappa shape index (κ3) is 5.30. The second-order valence-electron chi connectivity index (χ2n) is 6.80. The molecular formula is C21H23ClN4O. The second kappa shape index (κ2) is 9.01. The highest BCUT2D eigenvalue weighted by molar-refractivity contribution is 6.30. The van der Waals surface area contributed by atoms with E-state index < -0.39 is 0 Å². The summed E-state index contributed by atoms with van der Waals surface area (Å²) in [6.07, 6.45) is 0. The lowest BCUT2D eigenvalue weighted by atomic mass is 10.1. The van der Waals surface area contributed by atoms with Gasteiger partial charge in [-0.25, -0.2) is 0 Å². The van der Waals surface area contributed by atoms with Gasteiger partial charge in [0.2, 0.25) is 5.91 Å². The molecule has 0 radical (unpaired) electrons. The fraction of sp³-hybridized carbons (Fsp3) is 0.333. The maximum Gasteiger partial charge on any atom is 0.241 e. The Labute approximate surface area is 165 Å². The highest BCUT2D eigenvalue weighted by Crippen LogP contribution is 2.16. The summed E-state index contributed by atoms with van der Waals surface area (Å²) in [4.78, 5) is 17.1. The van der Waals surface area contributed by atoms with Gasteiger partial charge >= 0.3 is 0 Å². The van der Waals surface area contributed by atoms with E-state index in [0.717, 1.165) is 37.7 Å². The molecule has 140 valence electrons. The number of hydrogen-bond acceptors (Lipinski definition) is 4. The number of rotatable bonds is 5. The monoisotopic (exact) mass is 382 g/mol. The molecular weight excluding hydrogens is 360 g/mol. The summed E-state index contributed by atoms with van der Waals surface area (Å²) in [6, 6.07) is 16.7. The van der Waals surface area contributed by atoms with Gasteiger partial charge in [0.25, 0.3) is 0 Å². The molecule has 1 N–H and O–H groups in total. The average molecular weight is 383 g/mol. The van der Waals surface area contributed by atoms with Crippen LogP contribution in [0.15, 0.2) is 48.5 Å². The Morgan fingerprint density at radius 1 is 1.19 bits per heavy atom. The number of piperazine rings is 1. The zero-order valence-electron chi connectivity index (χ0n) is 15.4. The minimum absolute atomic E-state index is 0.0250. The van der Waals surface area contributed by atoms with Crippen molar-refractivity contribution in [3.8, 4) is 6.07 Å². The maximum absolute atomic E-state index is 12.5. The fourth-order valence-electron chi connectivity index (χ4n) is 3.24. The van der Waals surface area contributed by atoms with Crippen LogP contribution in [-0.4, -0.2) is 47.9 Å². The Kier molecular flexibility index (Phi) is 6.46. The molecule has 5 nitrogen and oxygen atoms in total. The SMILES string of the molecule is C[C@H](C(=O)Nc1ccc(C#N)cc1)N1CCN(Cc2cccc(Cl)c2)CC1. The number of nitriles is 1. The highest BCUT2D eigenvalue weighted by atomic mass is 35.5. The van der Waals surface area contributed by atoms with E-state index in [-0.39, 0.29) is 11.9 Å². The zero-order chi connectivity index (χ0) is 19.2. The molecule has 0 unspecified atom stereocenters. The van der Waals surface area contributed by atoms with Gasteiger partial charge in [-0.3, -0.25) is 14.6 Å². The van der Waals surface area contributed by atoms with Crippen molar-refractivity contribution in [2.45, 2.75) is 19.5 Å². The van der Waals surface area contributed by atoms with Crippen molar-refractivity contribution < 1.29 is 4.79 Å². The Balaban J connectivity index is 1.49. The van der Waals surface area contributed by atoms with Crippen molar-refractivity contribution >= 4 is 23.2 Å². The summed E-state index contributed by atoms with van der Waals surface area (Å²) in [6.45, 7) is 6.35. The number of nitrogens with zero attached hydrogens (tertiary/aromatic N) is 3. The van der Waals surface area contributed by atoms with Crippen molar-refractivity contribution in [2.24, 2.45) is 0 Å². The topological polar surface area (TPSA) is 59.4 Å². The maximum atomic E-state index is 12.5. The van der Waals surface area contributed by atoms with Gasteiger partial charge in [-0.2, -0.15) is 5.26 Å². The number of anilines is 1. The molecule has 1 aliphatic rings. The van der Waals surface area contributed by atoms with Crippen LogP contribution >= 0.6 is 11.6 Å². The van der Waals surface area contributed by atoms with Gasteiger partial charge in [0.1, 0.15) is 0 Å². The first kappa shape index (κ1) is 19.4. The van der Waals surface area contributed by atoms with E-state index in [1.165, 1.54) is 5.56 Å². The molecule has 1 saturated heterocycles. The molecule has 2 aromatic carbocycles. The Hall–Kier alpha value is -2.39. The van der Waals surface area contributed by atoms with Gasteiger partial charge in [-0.1, -0.05) is 23.7 Å². The molecule has 1 fully saturated rings. The van der Waals surface area contributed by atoms with Gasteiger partial charge in [0, 0.05) is 43.4 Å². The van der Waals surface area contributed by atoms with Crippen LogP contribution in [0.1, 0.15) is 18.1 Å². The summed E-state index contributed by atoms with van der Waals surface area (Å²) in [5.41, 5.74) is 2.50. The predicted octanol–water partition coefficient (Wildman–Crippen LogP) is 3.36. The molecule has 6 heteroatoms. The predicted molar refractivity (Wildman–Crippen MR) is 108 cm³/mol. The Bertz CT molecular complexity index is 823. The third-order valence-electron chi connectivity index (χ3n) is 4.91. The lowest BCUT2D eigenvalue weighted by molar-refractivity contribution is -0.121. The van der Waals surface area contributed by atoms with E-state index in [1.807, 2.05) is 25.1 Å². The first-order chi connectivity index (χ1) is 13.0. The summed E-state index contributed by atoms with van der Waals surface area (Å²) in [7, 11) is 0. The molecule has 1 atom stereocenters. The molecule has 0 saturated carbocycles. The van der Waals surface area contributed by atoms with E-state index in [4.69, 9.17) is 16.9 Å². The molecule has 0 spiro atoms. The van der Waals surface area contributed by atoms with E-state index >= 15 is 0 Å². The van der Waals surface area contributed by atoms with Crippen LogP contribution in [-0.2, 0) is 11.3 Å². The Morgan fingerprint density at radius 3 is 2.52 bits per heavy atom. The Morgan fingerprint density at radius 2 is 1.89 bits per heavy atom. The van der Waals surface area contributed by atoms with Crippen LogP contribution in [0, 0.1) is 11.3 Å². The molecule has 27 heavy (non-hydrogen) atoms. The van der Waals surface area contributed by atoms with Crippen LogP contribution in [0.2, 0.25) is 5.02 Å². The number of carbonyl (C=O) groups excluding carboxylic acids is 1. The second-order valence-corrected chi connectivity index (χ2v) is 7.23. The number of halogens is 1. The minimum atomic E-state index is -0.200. The summed E-state index contributed by atoms with van der Waals surface area (Å²) < 4.78 is 0. The smallest absolute Gasteiger partial charge is 0.241 e. The summed E-state index contributed by atoms with van der Waals surface area (Å²) in [5.74, 6) is -0.0250. The normalized spacial score (nSPS) is 16.5. The lowest BCUT2D eigenvalue weighted by Crippen LogP contribution is -2.52. The van der Waals surface area contributed by atoms with Crippen molar-refractivity contribution in [3.63, 3.8) is 0 Å². The standard InChI is InChI=1S/C21H23ClN4O/c1-16(21(27)24-20-7-5-17(14-23)6-8-20)26-11-9-25(10-12-26)15-18-3-2-4-19(22)13-18/h2-8,13,16H,9-12,15H2,1H3,(H,24,27)/t16-/m1/s1. The van der Waals surface area contributed by atoms with Crippen molar-refractivity contribution in [2.75, 3.05) is 31.5 Å². The number of benzene rings is 2. The molecule has 1 amide bonds. The molecule has 1 heterocycles. The fourth-order valence-corrected chi connectivity index (χ4v) is 3.46. The van der Waals surface area contributed by atoms with E-state index in [2.05, 4.69) is 27.3 Å². The first-order valence-corrected chi connectivity index (χ1v) is 9.45. The molecule has 1 aliphatic heterocycles. The van der Waals surface area contributed by atoms with E-state index in [1.54, 1.807) is 24.3 Å². The number of hydrogen-bond donors (Lipinski definition) is 1. The number of amides is 1. The largest absolute Gasteiger partial charge is 0.325 e. The van der Waals surface area contributed by atoms with E-state index in [0.29, 0.717) is 11.3 Å². The molecule has 0 aromatic heterocycles. The van der Waals surface area contributed by atoms with Gasteiger partial charge in [0.05, 0.1) is 17.7 Å². The molecule has 0 aliphatic carbocycles. The minimum Gasteiger partial charge on any atom is -0.325 e. The van der Waals surface area contributed by atoms with Gasteiger partial charge in [-0.05, 0) is 48.9 Å². The van der Waals surface area contributed by atoms with Crippen LogP contribution in [0.4, 0.5) is 5.69 Å². The molecule has 2 aromatic rings. The summed E-state index contributed by atoms with van der Waals surface area (Å²) >= 11 is 6.06. The van der Waals surface area contributed by atoms with Gasteiger partial charge in [-0.15, -0.1) is 0 Å². The van der Waals surface area contributed by atoms with Crippen LogP contribution < -0.4 is 5.32 Å². The van der Waals surface area contributed by atoms with Crippen LogP contribution in [0.25, 0.3) is 0 Å². The van der Waals surface area contributed by atoms with Crippen LogP contribution in [0.5, 0.6) is 0 Å². The van der Waals surface area contributed by atoms with Crippen molar-refractivity contribution in [1.29, 1.82) is 5.26 Å². The molecule has 3 rings (SSSR count). The zero-order valence-corrected chi connectivity index (χ0v) is 16.1. The van der Waals surface area contributed by atoms with Gasteiger partial charge < -0.3 is 5.32 Å². The van der Waals surface area contributed by atoms with Gasteiger partial charge in [0.15, 0.2) is 0 Å². The summed E-state index contributed by atoms with van der Waals surface area (Å²) in [5, 5.41) is 12.5.